The lowest BCUT2D eigenvalue weighted by molar-refractivity contribution is 0.316. The third-order valence-corrected chi connectivity index (χ3v) is 4.77. The summed E-state index contributed by atoms with van der Waals surface area (Å²) in [6, 6.07) is 10.2. The predicted molar refractivity (Wildman–Crippen MR) is 93.8 cm³/mol. The smallest absolute Gasteiger partial charge is 0.137 e. The van der Waals surface area contributed by atoms with Crippen molar-refractivity contribution in [1.82, 2.24) is 14.9 Å². The van der Waals surface area contributed by atoms with Gasteiger partial charge in [0.1, 0.15) is 12.1 Å². The highest BCUT2D eigenvalue weighted by molar-refractivity contribution is 7.10. The molecular weight excluding hydrogens is 316 g/mol. The Kier molecular flexibility index (Phi) is 4.57. The second-order valence-electron chi connectivity index (χ2n) is 5.26. The zero-order chi connectivity index (χ0) is 15.5. The molecule has 2 aromatic heterocycles. The van der Waals surface area contributed by atoms with Gasteiger partial charge in [0.25, 0.3) is 0 Å². The van der Waals surface area contributed by atoms with E-state index in [1.165, 1.54) is 4.88 Å². The van der Waals surface area contributed by atoms with Crippen LogP contribution in [0.1, 0.15) is 10.9 Å². The van der Waals surface area contributed by atoms with Gasteiger partial charge in [0, 0.05) is 21.8 Å². The summed E-state index contributed by atoms with van der Waals surface area (Å²) in [5.41, 5.74) is 0.850. The topological polar surface area (TPSA) is 41.0 Å². The van der Waals surface area contributed by atoms with Gasteiger partial charge in [-0.1, -0.05) is 17.7 Å². The summed E-state index contributed by atoms with van der Waals surface area (Å²) in [4.78, 5) is 12.2. The number of aromatic nitrogens is 2. The van der Waals surface area contributed by atoms with E-state index < -0.39 is 0 Å². The lowest BCUT2D eigenvalue weighted by Gasteiger charge is -2.24. The number of likely N-dealkylation sites (N-methyl/N-ethyl adjacent to an activating group) is 1. The average Bonchev–Trinajstić information content (AvgIpc) is 3.01. The molecule has 1 unspecified atom stereocenters. The van der Waals surface area contributed by atoms with E-state index >= 15 is 0 Å². The number of halogens is 1. The minimum absolute atomic E-state index is 0.303. The number of nitrogens with zero attached hydrogens (tertiary/aromatic N) is 3. The minimum atomic E-state index is 0.303. The number of nitrogens with one attached hydrogen (secondary N) is 1. The van der Waals surface area contributed by atoms with E-state index in [1.807, 2.05) is 18.2 Å². The van der Waals surface area contributed by atoms with Gasteiger partial charge in [-0.2, -0.15) is 0 Å². The Morgan fingerprint density at radius 2 is 2.14 bits per heavy atom. The van der Waals surface area contributed by atoms with Crippen LogP contribution in [-0.2, 0) is 0 Å². The van der Waals surface area contributed by atoms with Crippen LogP contribution < -0.4 is 5.32 Å². The van der Waals surface area contributed by atoms with E-state index in [9.17, 15) is 0 Å². The van der Waals surface area contributed by atoms with E-state index in [-0.39, 0.29) is 0 Å². The van der Waals surface area contributed by atoms with Crippen molar-refractivity contribution in [3.05, 3.63) is 51.9 Å². The molecule has 0 bridgehead atoms. The molecule has 0 saturated heterocycles. The van der Waals surface area contributed by atoms with Crippen LogP contribution in [0, 0.1) is 0 Å². The van der Waals surface area contributed by atoms with Crippen molar-refractivity contribution in [2.75, 3.05) is 26.0 Å². The molecule has 22 heavy (non-hydrogen) atoms. The molecule has 1 atom stereocenters. The summed E-state index contributed by atoms with van der Waals surface area (Å²) in [6.07, 6.45) is 1.57. The number of hydrogen-bond acceptors (Lipinski definition) is 5. The van der Waals surface area contributed by atoms with E-state index in [0.29, 0.717) is 11.1 Å². The zero-order valence-corrected chi connectivity index (χ0v) is 14.0. The standard InChI is InChI=1S/C16H17ClN4S/c1-21(2)14(15-4-3-7-22-15)9-18-16-12-6-5-11(17)8-13(12)19-10-20-16/h3-8,10,14H,9H2,1-2H3,(H,18,19,20). The van der Waals surface area contributed by atoms with Gasteiger partial charge in [0.05, 0.1) is 11.6 Å². The molecule has 6 heteroatoms. The molecule has 0 saturated carbocycles. The first-order valence-electron chi connectivity index (χ1n) is 6.99. The first-order chi connectivity index (χ1) is 10.6. The van der Waals surface area contributed by atoms with E-state index in [2.05, 4.69) is 51.8 Å². The maximum absolute atomic E-state index is 6.02. The van der Waals surface area contributed by atoms with Gasteiger partial charge >= 0.3 is 0 Å². The second kappa shape index (κ2) is 6.60. The van der Waals surface area contributed by atoms with Crippen molar-refractivity contribution in [2.24, 2.45) is 0 Å². The fourth-order valence-corrected chi connectivity index (χ4v) is 3.47. The van der Waals surface area contributed by atoms with Crippen molar-refractivity contribution in [3.8, 4) is 0 Å². The molecule has 0 fully saturated rings. The van der Waals surface area contributed by atoms with Crippen LogP contribution in [-0.4, -0.2) is 35.5 Å². The molecule has 0 spiro atoms. The van der Waals surface area contributed by atoms with Crippen LogP contribution in [0.2, 0.25) is 5.02 Å². The van der Waals surface area contributed by atoms with E-state index in [1.54, 1.807) is 17.7 Å². The number of benzene rings is 1. The van der Waals surface area contributed by atoms with E-state index in [0.717, 1.165) is 23.3 Å². The normalized spacial score (nSPS) is 12.7. The monoisotopic (exact) mass is 332 g/mol. The van der Waals surface area contributed by atoms with Crippen molar-refractivity contribution in [3.63, 3.8) is 0 Å². The Bertz CT molecular complexity index is 758. The highest BCUT2D eigenvalue weighted by Gasteiger charge is 2.15. The van der Waals surface area contributed by atoms with Crippen LogP contribution in [0.3, 0.4) is 0 Å². The summed E-state index contributed by atoms with van der Waals surface area (Å²) in [5.74, 6) is 0.838. The molecular formula is C16H17ClN4S. The molecule has 0 amide bonds. The number of thiophene rings is 1. The average molecular weight is 333 g/mol. The fourth-order valence-electron chi connectivity index (χ4n) is 2.38. The van der Waals surface area contributed by atoms with Gasteiger partial charge in [0.15, 0.2) is 0 Å². The molecule has 0 radical (unpaired) electrons. The Hall–Kier alpha value is -1.69. The summed E-state index contributed by atoms with van der Waals surface area (Å²) >= 11 is 7.79. The molecule has 0 aliphatic rings. The third-order valence-electron chi connectivity index (χ3n) is 3.56. The van der Waals surface area contributed by atoms with Crippen LogP contribution in [0.4, 0.5) is 5.82 Å². The number of rotatable bonds is 5. The fraction of sp³-hybridized carbons (Fsp3) is 0.250. The Morgan fingerprint density at radius 3 is 2.86 bits per heavy atom. The molecule has 3 aromatic rings. The van der Waals surface area contributed by atoms with Gasteiger partial charge in [-0.3, -0.25) is 0 Å². The van der Waals surface area contributed by atoms with Crippen LogP contribution in [0.15, 0.2) is 42.0 Å². The summed E-state index contributed by atoms with van der Waals surface area (Å²) < 4.78 is 0. The minimum Gasteiger partial charge on any atom is -0.368 e. The first-order valence-corrected chi connectivity index (χ1v) is 8.25. The lowest BCUT2D eigenvalue weighted by atomic mass is 10.2. The van der Waals surface area contributed by atoms with Gasteiger partial charge < -0.3 is 10.2 Å². The Morgan fingerprint density at radius 1 is 1.27 bits per heavy atom. The molecule has 3 rings (SSSR count). The Balaban J connectivity index is 1.84. The molecule has 0 aliphatic heterocycles. The molecule has 0 aliphatic carbocycles. The summed E-state index contributed by atoms with van der Waals surface area (Å²) in [7, 11) is 4.17. The second-order valence-corrected chi connectivity index (χ2v) is 6.68. The molecule has 2 heterocycles. The lowest BCUT2D eigenvalue weighted by Crippen LogP contribution is -2.26. The van der Waals surface area contributed by atoms with Crippen molar-refractivity contribution < 1.29 is 0 Å². The quantitative estimate of drug-likeness (QED) is 0.765. The zero-order valence-electron chi connectivity index (χ0n) is 12.5. The van der Waals surface area contributed by atoms with Crippen molar-refractivity contribution in [2.45, 2.75) is 6.04 Å². The molecule has 114 valence electrons. The summed E-state index contributed by atoms with van der Waals surface area (Å²) in [6.45, 7) is 0.780. The van der Waals surface area contributed by atoms with Gasteiger partial charge in [-0.05, 0) is 43.7 Å². The number of hydrogen-bond donors (Lipinski definition) is 1. The summed E-state index contributed by atoms with van der Waals surface area (Å²) in [5, 5.41) is 7.22. The highest BCUT2D eigenvalue weighted by Crippen LogP contribution is 2.26. The largest absolute Gasteiger partial charge is 0.368 e. The van der Waals surface area contributed by atoms with Gasteiger partial charge in [-0.15, -0.1) is 11.3 Å². The first kappa shape index (κ1) is 15.2. The SMILES string of the molecule is CN(C)C(CNc1ncnc2cc(Cl)ccc12)c1cccs1. The van der Waals surface area contributed by atoms with Gasteiger partial charge in [-0.25, -0.2) is 9.97 Å². The molecule has 1 N–H and O–H groups in total. The van der Waals surface area contributed by atoms with Crippen molar-refractivity contribution in [1.29, 1.82) is 0 Å². The van der Waals surface area contributed by atoms with Crippen LogP contribution in [0.5, 0.6) is 0 Å². The predicted octanol–water partition coefficient (Wildman–Crippen LogP) is 4.06. The highest BCUT2D eigenvalue weighted by atomic mass is 35.5. The van der Waals surface area contributed by atoms with Crippen LogP contribution in [0.25, 0.3) is 10.9 Å². The molecule has 4 nitrogen and oxygen atoms in total. The third kappa shape index (κ3) is 3.21. The van der Waals surface area contributed by atoms with Crippen molar-refractivity contribution >= 4 is 39.7 Å². The van der Waals surface area contributed by atoms with E-state index in [4.69, 9.17) is 11.6 Å². The van der Waals surface area contributed by atoms with Crippen LogP contribution >= 0.6 is 22.9 Å². The van der Waals surface area contributed by atoms with Gasteiger partial charge in [0.2, 0.25) is 0 Å². The number of fused-ring (bicyclic) bond motifs is 1. The number of anilines is 1. The maximum atomic E-state index is 6.02. The Labute approximate surface area is 138 Å². The molecule has 1 aromatic carbocycles. The maximum Gasteiger partial charge on any atom is 0.137 e.